The normalized spacial score (nSPS) is 48.1. The molecule has 14 heavy (non-hydrogen) atoms. The molecule has 0 aliphatic heterocycles. The number of esters is 1. The Morgan fingerprint density at radius 3 is 2.50 bits per heavy atom. The number of carbonyl (C=O) groups is 1. The first-order valence-corrected chi connectivity index (χ1v) is 5.56. The lowest BCUT2D eigenvalue weighted by atomic mass is 9.75. The Morgan fingerprint density at radius 1 is 1.29 bits per heavy atom. The maximum Gasteiger partial charge on any atom is 0.317 e. The molecule has 0 saturated heterocycles. The molecule has 0 heterocycles. The molecule has 0 aromatic carbocycles. The molecule has 4 aliphatic carbocycles. The van der Waals surface area contributed by atoms with Gasteiger partial charge in [-0.2, -0.15) is 0 Å². The first-order chi connectivity index (χ1) is 6.74. The largest absolute Gasteiger partial charge is 0.435 e. The third-order valence-electron chi connectivity index (χ3n) is 4.59. The molecule has 0 spiro atoms. The number of hydrogen-bond donors (Lipinski definition) is 0. The Kier molecular flexibility index (Phi) is 1.59. The van der Waals surface area contributed by atoms with Crippen LogP contribution in [0.3, 0.4) is 0 Å². The van der Waals surface area contributed by atoms with Gasteiger partial charge in [0.05, 0.1) is 11.7 Å². The summed E-state index contributed by atoms with van der Waals surface area (Å²) in [6.45, 7) is 3.47. The molecule has 0 aromatic rings. The van der Waals surface area contributed by atoms with Gasteiger partial charge in [-0.25, -0.2) is 0 Å². The van der Waals surface area contributed by atoms with E-state index in [-0.39, 0.29) is 11.4 Å². The molecule has 2 unspecified atom stereocenters. The maximum absolute atomic E-state index is 11.9. The molecule has 0 aromatic heterocycles. The average Bonchev–Trinajstić information content (AvgIpc) is 2.53. The van der Waals surface area contributed by atoms with Gasteiger partial charge in [-0.05, 0) is 49.9 Å². The van der Waals surface area contributed by atoms with Crippen molar-refractivity contribution in [1.29, 1.82) is 0 Å². The van der Waals surface area contributed by atoms with Crippen LogP contribution in [0.5, 0.6) is 0 Å². The van der Waals surface area contributed by atoms with Gasteiger partial charge >= 0.3 is 5.97 Å². The summed E-state index contributed by atoms with van der Waals surface area (Å²) < 4.78 is 5.02. The number of rotatable bonds is 2. The molecule has 2 atom stereocenters. The van der Waals surface area contributed by atoms with E-state index in [0.29, 0.717) is 5.92 Å². The topological polar surface area (TPSA) is 26.3 Å². The highest BCUT2D eigenvalue weighted by Gasteiger charge is 2.62. The molecule has 0 radical (unpaired) electrons. The number of hydrogen-bond acceptors (Lipinski definition) is 2. The van der Waals surface area contributed by atoms with E-state index in [4.69, 9.17) is 4.74 Å². The maximum atomic E-state index is 11.9. The molecule has 4 fully saturated rings. The average molecular weight is 192 g/mol. The van der Waals surface area contributed by atoms with Crippen LogP contribution >= 0.6 is 0 Å². The second kappa shape index (κ2) is 2.62. The predicted molar refractivity (Wildman–Crippen MR) is 52.3 cm³/mol. The monoisotopic (exact) mass is 192 g/mol. The van der Waals surface area contributed by atoms with Crippen LogP contribution in [0.15, 0.2) is 12.8 Å². The summed E-state index contributed by atoms with van der Waals surface area (Å²) in [5, 5.41) is 0. The quantitative estimate of drug-likeness (QED) is 0.496. The summed E-state index contributed by atoms with van der Waals surface area (Å²) in [7, 11) is 0. The van der Waals surface area contributed by atoms with Gasteiger partial charge in [-0.15, -0.1) is 0 Å². The van der Waals surface area contributed by atoms with Crippen LogP contribution in [0.4, 0.5) is 0 Å². The molecule has 2 nitrogen and oxygen atoms in total. The van der Waals surface area contributed by atoms with Crippen LogP contribution in [-0.2, 0) is 9.53 Å². The van der Waals surface area contributed by atoms with Crippen LogP contribution in [0.1, 0.15) is 32.1 Å². The van der Waals surface area contributed by atoms with Crippen molar-refractivity contribution in [2.45, 2.75) is 32.1 Å². The third kappa shape index (κ3) is 0.891. The van der Waals surface area contributed by atoms with E-state index < -0.39 is 0 Å². The van der Waals surface area contributed by atoms with Gasteiger partial charge in [-0.1, -0.05) is 6.58 Å². The molecular weight excluding hydrogens is 176 g/mol. The Hall–Kier alpha value is -0.790. The van der Waals surface area contributed by atoms with E-state index in [9.17, 15) is 4.79 Å². The van der Waals surface area contributed by atoms with Crippen molar-refractivity contribution in [1.82, 2.24) is 0 Å². The molecule has 0 N–H and O–H groups in total. The minimum Gasteiger partial charge on any atom is -0.435 e. The van der Waals surface area contributed by atoms with Crippen LogP contribution in [0.25, 0.3) is 0 Å². The van der Waals surface area contributed by atoms with Crippen LogP contribution in [-0.4, -0.2) is 5.97 Å². The summed E-state index contributed by atoms with van der Waals surface area (Å²) in [6.07, 6.45) is 7.35. The van der Waals surface area contributed by atoms with Crippen molar-refractivity contribution in [2.24, 2.45) is 23.2 Å². The van der Waals surface area contributed by atoms with Gasteiger partial charge in [0.2, 0.25) is 0 Å². The molecule has 2 heteroatoms. The molecule has 76 valence electrons. The lowest BCUT2D eigenvalue weighted by Gasteiger charge is -2.29. The predicted octanol–water partition coefficient (Wildman–Crippen LogP) is 2.50. The Balaban J connectivity index is 1.90. The van der Waals surface area contributed by atoms with Gasteiger partial charge in [0.25, 0.3) is 0 Å². The zero-order valence-corrected chi connectivity index (χ0v) is 8.37. The van der Waals surface area contributed by atoms with Crippen molar-refractivity contribution < 1.29 is 9.53 Å². The van der Waals surface area contributed by atoms with Crippen molar-refractivity contribution in [3.05, 3.63) is 12.8 Å². The molecule has 0 amide bonds. The Bertz CT molecular complexity index is 281. The first kappa shape index (κ1) is 8.51. The second-order valence-electron chi connectivity index (χ2n) is 5.27. The first-order valence-electron chi connectivity index (χ1n) is 5.56. The number of ether oxygens (including phenoxy) is 1. The van der Waals surface area contributed by atoms with E-state index in [1.54, 1.807) is 0 Å². The summed E-state index contributed by atoms with van der Waals surface area (Å²) in [4.78, 5) is 11.9. The highest BCUT2D eigenvalue weighted by Crippen LogP contribution is 2.65. The molecular formula is C12H16O2. The van der Waals surface area contributed by atoms with Crippen molar-refractivity contribution >= 4 is 5.97 Å². The summed E-state index contributed by atoms with van der Waals surface area (Å²) >= 11 is 0. The SMILES string of the molecule is C=COC(=O)C12CC3CC(CC1C3)C2. The Morgan fingerprint density at radius 2 is 1.93 bits per heavy atom. The highest BCUT2D eigenvalue weighted by molar-refractivity contribution is 5.79. The second-order valence-corrected chi connectivity index (χ2v) is 5.27. The third-order valence-corrected chi connectivity index (χ3v) is 4.59. The molecule has 4 saturated carbocycles. The standard InChI is InChI=1S/C12H16O2/c1-2-14-11(13)12-6-8-3-9(7-12)5-10(12)4-8/h2,8-10H,1,3-7H2. The summed E-state index contributed by atoms with van der Waals surface area (Å²) in [6, 6.07) is 0. The van der Waals surface area contributed by atoms with Gasteiger partial charge in [-0.3, -0.25) is 4.79 Å². The van der Waals surface area contributed by atoms with Gasteiger partial charge in [0.15, 0.2) is 0 Å². The van der Waals surface area contributed by atoms with E-state index in [0.717, 1.165) is 24.7 Å². The molecule has 4 bridgehead atoms. The van der Waals surface area contributed by atoms with Gasteiger partial charge < -0.3 is 4.74 Å². The van der Waals surface area contributed by atoms with Crippen LogP contribution < -0.4 is 0 Å². The van der Waals surface area contributed by atoms with E-state index in [2.05, 4.69) is 6.58 Å². The van der Waals surface area contributed by atoms with Gasteiger partial charge in [0.1, 0.15) is 0 Å². The molecule has 4 aliphatic rings. The van der Waals surface area contributed by atoms with E-state index >= 15 is 0 Å². The van der Waals surface area contributed by atoms with E-state index in [1.165, 1.54) is 25.5 Å². The lowest BCUT2D eigenvalue weighted by molar-refractivity contribution is -0.151. The van der Waals surface area contributed by atoms with Crippen molar-refractivity contribution in [3.63, 3.8) is 0 Å². The fourth-order valence-corrected chi connectivity index (χ4v) is 4.32. The number of carbonyl (C=O) groups excluding carboxylic acids is 1. The zero-order chi connectivity index (χ0) is 9.76. The van der Waals surface area contributed by atoms with Gasteiger partial charge in [0, 0.05) is 0 Å². The molecule has 4 rings (SSSR count). The zero-order valence-electron chi connectivity index (χ0n) is 8.37. The van der Waals surface area contributed by atoms with Crippen molar-refractivity contribution in [3.8, 4) is 0 Å². The van der Waals surface area contributed by atoms with Crippen LogP contribution in [0.2, 0.25) is 0 Å². The Labute approximate surface area is 84.3 Å². The fraction of sp³-hybridized carbons (Fsp3) is 0.750. The fourth-order valence-electron chi connectivity index (χ4n) is 4.32. The van der Waals surface area contributed by atoms with E-state index in [1.807, 2.05) is 0 Å². The van der Waals surface area contributed by atoms with Crippen LogP contribution in [0, 0.1) is 23.2 Å². The summed E-state index contributed by atoms with van der Waals surface area (Å²) in [5.41, 5.74) is -0.0955. The summed E-state index contributed by atoms with van der Waals surface area (Å²) in [5.74, 6) is 2.25. The lowest BCUT2D eigenvalue weighted by Crippen LogP contribution is -2.33. The minimum absolute atomic E-state index is 0.00204. The minimum atomic E-state index is -0.0955. The smallest absolute Gasteiger partial charge is 0.317 e. The van der Waals surface area contributed by atoms with Crippen molar-refractivity contribution in [2.75, 3.05) is 0 Å². The highest BCUT2D eigenvalue weighted by atomic mass is 16.5.